The van der Waals surface area contributed by atoms with Gasteiger partial charge in [0, 0.05) is 16.3 Å². The summed E-state index contributed by atoms with van der Waals surface area (Å²) < 4.78 is 0. The molecule has 0 saturated heterocycles. The van der Waals surface area contributed by atoms with Crippen LogP contribution in [-0.4, -0.2) is 16.0 Å². The average molecular weight is 236 g/mol. The van der Waals surface area contributed by atoms with Crippen molar-refractivity contribution in [1.82, 2.24) is 10.2 Å². The number of carbonyl (C=O) groups excluding carboxylic acids is 1. The minimum Gasteiger partial charge on any atom is -0.295 e. The largest absolute Gasteiger partial charge is 0.295 e. The van der Waals surface area contributed by atoms with E-state index in [0.717, 1.165) is 21.8 Å². The van der Waals surface area contributed by atoms with E-state index in [2.05, 4.69) is 23.2 Å². The molecule has 3 rings (SSSR count). The lowest BCUT2D eigenvalue weighted by atomic mass is 10.0. The minimum atomic E-state index is 0.0445. The molecule has 0 saturated carbocycles. The first-order chi connectivity index (χ1) is 8.65. The molecule has 0 spiro atoms. The molecule has 2 aromatic carbocycles. The summed E-state index contributed by atoms with van der Waals surface area (Å²) in [4.78, 5) is 11.4. The van der Waals surface area contributed by atoms with Crippen molar-refractivity contribution >= 4 is 27.6 Å². The van der Waals surface area contributed by atoms with Gasteiger partial charge in [-0.15, -0.1) is 10.2 Å². The maximum absolute atomic E-state index is 11.4. The third-order valence-corrected chi connectivity index (χ3v) is 3.11. The Morgan fingerprint density at radius 3 is 2.50 bits per heavy atom. The molecule has 0 radical (unpaired) electrons. The predicted molar refractivity (Wildman–Crippen MR) is 71.8 cm³/mol. The van der Waals surface area contributed by atoms with Crippen molar-refractivity contribution in [2.24, 2.45) is 0 Å². The standard InChI is InChI=1S/C15H12N2O/c1-9-3-6-14-13(7-9)12-5-4-11(10(2)18)8-15(12)17-16-14/h3-8H,1-2H3. The monoisotopic (exact) mass is 236 g/mol. The zero-order valence-electron chi connectivity index (χ0n) is 10.3. The molecule has 0 aliphatic heterocycles. The van der Waals surface area contributed by atoms with Crippen LogP contribution in [0, 0.1) is 6.92 Å². The summed E-state index contributed by atoms with van der Waals surface area (Å²) in [6, 6.07) is 11.7. The molecule has 0 atom stereocenters. The van der Waals surface area contributed by atoms with E-state index in [4.69, 9.17) is 0 Å². The van der Waals surface area contributed by atoms with Crippen molar-refractivity contribution in [3.05, 3.63) is 47.5 Å². The number of rotatable bonds is 1. The molecule has 0 fully saturated rings. The number of nitrogens with zero attached hydrogens (tertiary/aromatic N) is 2. The van der Waals surface area contributed by atoms with E-state index in [-0.39, 0.29) is 5.78 Å². The summed E-state index contributed by atoms with van der Waals surface area (Å²) in [6.45, 7) is 3.61. The molecule has 1 aromatic heterocycles. The summed E-state index contributed by atoms with van der Waals surface area (Å²) in [5.74, 6) is 0.0445. The predicted octanol–water partition coefficient (Wildman–Crippen LogP) is 3.29. The van der Waals surface area contributed by atoms with Crippen LogP contribution in [0.3, 0.4) is 0 Å². The van der Waals surface area contributed by atoms with Gasteiger partial charge < -0.3 is 0 Å². The molecule has 0 N–H and O–H groups in total. The second-order valence-electron chi connectivity index (χ2n) is 4.51. The van der Waals surface area contributed by atoms with Crippen molar-refractivity contribution < 1.29 is 4.79 Å². The summed E-state index contributed by atoms with van der Waals surface area (Å²) in [7, 11) is 0. The van der Waals surface area contributed by atoms with Crippen molar-refractivity contribution in [2.75, 3.05) is 0 Å². The van der Waals surface area contributed by atoms with Crippen molar-refractivity contribution in [3.8, 4) is 0 Å². The van der Waals surface area contributed by atoms with Gasteiger partial charge in [-0.05, 0) is 32.0 Å². The van der Waals surface area contributed by atoms with Gasteiger partial charge in [-0.1, -0.05) is 23.8 Å². The van der Waals surface area contributed by atoms with E-state index in [1.165, 1.54) is 5.56 Å². The second-order valence-corrected chi connectivity index (χ2v) is 4.51. The molecule has 18 heavy (non-hydrogen) atoms. The first-order valence-electron chi connectivity index (χ1n) is 5.83. The Bertz CT molecular complexity index is 778. The lowest BCUT2D eigenvalue weighted by molar-refractivity contribution is 0.101. The fourth-order valence-electron chi connectivity index (χ4n) is 2.12. The molecule has 3 heteroatoms. The van der Waals surface area contributed by atoms with Crippen LogP contribution in [0.5, 0.6) is 0 Å². The van der Waals surface area contributed by atoms with Gasteiger partial charge in [0.05, 0.1) is 11.0 Å². The van der Waals surface area contributed by atoms with Gasteiger partial charge in [-0.2, -0.15) is 0 Å². The summed E-state index contributed by atoms with van der Waals surface area (Å²) in [5.41, 5.74) is 3.50. The molecule has 88 valence electrons. The molecular weight excluding hydrogens is 224 g/mol. The number of ketones is 1. The summed E-state index contributed by atoms with van der Waals surface area (Å²) in [5, 5.41) is 10.5. The van der Waals surface area contributed by atoms with Gasteiger partial charge in [0.25, 0.3) is 0 Å². The van der Waals surface area contributed by atoms with Crippen molar-refractivity contribution in [1.29, 1.82) is 0 Å². The summed E-state index contributed by atoms with van der Waals surface area (Å²) >= 11 is 0. The third-order valence-electron chi connectivity index (χ3n) is 3.11. The second kappa shape index (κ2) is 3.88. The third kappa shape index (κ3) is 1.64. The van der Waals surface area contributed by atoms with Crippen molar-refractivity contribution in [3.63, 3.8) is 0 Å². The van der Waals surface area contributed by atoms with Crippen LogP contribution in [0.4, 0.5) is 0 Å². The molecule has 0 aliphatic carbocycles. The van der Waals surface area contributed by atoms with Gasteiger partial charge >= 0.3 is 0 Å². The van der Waals surface area contributed by atoms with E-state index < -0.39 is 0 Å². The van der Waals surface area contributed by atoms with Gasteiger partial charge in [0.15, 0.2) is 5.78 Å². The average Bonchev–Trinajstić information content (AvgIpc) is 2.37. The highest BCUT2D eigenvalue weighted by Crippen LogP contribution is 2.23. The molecule has 1 heterocycles. The van der Waals surface area contributed by atoms with Crippen LogP contribution < -0.4 is 0 Å². The van der Waals surface area contributed by atoms with E-state index in [0.29, 0.717) is 5.56 Å². The lowest BCUT2D eigenvalue weighted by Crippen LogP contribution is -1.94. The zero-order valence-corrected chi connectivity index (χ0v) is 10.3. The molecule has 0 unspecified atom stereocenters. The van der Waals surface area contributed by atoms with E-state index in [1.807, 2.05) is 24.3 Å². The molecule has 0 aliphatic rings. The molecular formula is C15H12N2O. The maximum Gasteiger partial charge on any atom is 0.159 e. The topological polar surface area (TPSA) is 42.9 Å². The fraction of sp³-hybridized carbons (Fsp3) is 0.133. The highest BCUT2D eigenvalue weighted by atomic mass is 16.1. The van der Waals surface area contributed by atoms with Gasteiger partial charge in [-0.3, -0.25) is 4.79 Å². The Balaban J connectivity index is 2.40. The van der Waals surface area contributed by atoms with Gasteiger partial charge in [0.2, 0.25) is 0 Å². The Labute approximate surface area is 104 Å². The normalized spacial score (nSPS) is 11.0. The molecule has 0 amide bonds. The number of hydrogen-bond donors (Lipinski definition) is 0. The number of benzene rings is 2. The Morgan fingerprint density at radius 2 is 1.72 bits per heavy atom. The van der Waals surface area contributed by atoms with Gasteiger partial charge in [-0.25, -0.2) is 0 Å². The number of hydrogen-bond acceptors (Lipinski definition) is 3. The number of aromatic nitrogens is 2. The maximum atomic E-state index is 11.4. The van der Waals surface area contributed by atoms with Crippen LogP contribution in [-0.2, 0) is 0 Å². The minimum absolute atomic E-state index is 0.0445. The van der Waals surface area contributed by atoms with Crippen LogP contribution in [0.15, 0.2) is 36.4 Å². The molecule has 3 nitrogen and oxygen atoms in total. The molecule has 3 aromatic rings. The first kappa shape index (κ1) is 10.8. The van der Waals surface area contributed by atoms with Crippen LogP contribution in [0.2, 0.25) is 0 Å². The summed E-state index contributed by atoms with van der Waals surface area (Å²) in [6.07, 6.45) is 0. The van der Waals surface area contributed by atoms with Crippen molar-refractivity contribution in [2.45, 2.75) is 13.8 Å². The fourth-order valence-corrected chi connectivity index (χ4v) is 2.12. The van der Waals surface area contributed by atoms with Crippen LogP contribution in [0.25, 0.3) is 21.8 Å². The number of Topliss-reactive ketones (excluding diaryl/α,β-unsaturated/α-hetero) is 1. The number of aryl methyl sites for hydroxylation is 1. The van der Waals surface area contributed by atoms with E-state index >= 15 is 0 Å². The van der Waals surface area contributed by atoms with Gasteiger partial charge in [0.1, 0.15) is 0 Å². The van der Waals surface area contributed by atoms with E-state index in [9.17, 15) is 4.79 Å². The highest BCUT2D eigenvalue weighted by molar-refractivity contribution is 6.06. The number of fused-ring (bicyclic) bond motifs is 3. The highest BCUT2D eigenvalue weighted by Gasteiger charge is 2.06. The number of carbonyl (C=O) groups is 1. The zero-order chi connectivity index (χ0) is 12.7. The van der Waals surface area contributed by atoms with Crippen LogP contribution >= 0.6 is 0 Å². The van der Waals surface area contributed by atoms with Crippen LogP contribution in [0.1, 0.15) is 22.8 Å². The first-order valence-corrected chi connectivity index (χ1v) is 5.83. The lowest BCUT2D eigenvalue weighted by Gasteiger charge is -2.04. The van der Waals surface area contributed by atoms with E-state index in [1.54, 1.807) is 13.0 Å². The molecule has 0 bridgehead atoms. The Kier molecular flexibility index (Phi) is 2.33. The Morgan fingerprint density at radius 1 is 0.944 bits per heavy atom. The Hall–Kier alpha value is -2.29. The smallest absolute Gasteiger partial charge is 0.159 e. The quantitative estimate of drug-likeness (QED) is 0.481. The SMILES string of the molecule is CC(=O)c1ccc2c(c1)nnc1ccc(C)cc12.